The van der Waals surface area contributed by atoms with Crippen molar-refractivity contribution in [2.24, 2.45) is 7.05 Å². The number of benzene rings is 1. The van der Waals surface area contributed by atoms with Gasteiger partial charge in [-0.2, -0.15) is 4.31 Å². The zero-order chi connectivity index (χ0) is 18.6. The van der Waals surface area contributed by atoms with Crippen LogP contribution in [0.4, 0.5) is 0 Å². The van der Waals surface area contributed by atoms with Crippen molar-refractivity contribution in [1.82, 2.24) is 19.2 Å². The highest BCUT2D eigenvalue weighted by Gasteiger charge is 2.40. The molecule has 1 aliphatic heterocycles. The number of hydrogen-bond acceptors (Lipinski definition) is 5. The molecule has 2 unspecified atom stereocenters. The largest absolute Gasteiger partial charge is 0.380 e. The van der Waals surface area contributed by atoms with Crippen LogP contribution in [0.15, 0.2) is 47.9 Å². The van der Waals surface area contributed by atoms with Crippen molar-refractivity contribution in [3.63, 3.8) is 0 Å². The SMILES string of the molecule is CCOCCNC1CN(S(=O)(=O)c2cn(C)cn2)CC1c1ccccc1. The van der Waals surface area contributed by atoms with Gasteiger partial charge in [-0.05, 0) is 12.5 Å². The molecule has 2 heterocycles. The summed E-state index contributed by atoms with van der Waals surface area (Å²) in [6.45, 7) is 4.80. The van der Waals surface area contributed by atoms with Gasteiger partial charge < -0.3 is 14.6 Å². The van der Waals surface area contributed by atoms with Gasteiger partial charge >= 0.3 is 0 Å². The number of aromatic nitrogens is 2. The Hall–Kier alpha value is -1.74. The van der Waals surface area contributed by atoms with Crippen molar-refractivity contribution in [2.75, 3.05) is 32.8 Å². The van der Waals surface area contributed by atoms with Crippen LogP contribution in [0.5, 0.6) is 0 Å². The van der Waals surface area contributed by atoms with E-state index in [9.17, 15) is 8.42 Å². The second kappa shape index (κ2) is 8.30. The van der Waals surface area contributed by atoms with Crippen LogP contribution < -0.4 is 5.32 Å². The molecular formula is C18H26N4O3S. The quantitative estimate of drug-likeness (QED) is 0.699. The fourth-order valence-electron chi connectivity index (χ4n) is 3.32. The molecule has 1 aromatic carbocycles. The van der Waals surface area contributed by atoms with Crippen LogP contribution in [0.25, 0.3) is 0 Å². The highest BCUT2D eigenvalue weighted by Crippen LogP contribution is 2.31. The zero-order valence-electron chi connectivity index (χ0n) is 15.2. The van der Waals surface area contributed by atoms with Gasteiger partial charge in [-0.1, -0.05) is 30.3 Å². The summed E-state index contributed by atoms with van der Waals surface area (Å²) >= 11 is 0. The molecule has 0 bridgehead atoms. The molecule has 142 valence electrons. The lowest BCUT2D eigenvalue weighted by atomic mass is 9.94. The third kappa shape index (κ3) is 4.15. The Balaban J connectivity index is 1.79. The van der Waals surface area contributed by atoms with Crippen LogP contribution in [-0.4, -0.2) is 61.2 Å². The third-order valence-corrected chi connectivity index (χ3v) is 6.37. The van der Waals surface area contributed by atoms with E-state index < -0.39 is 10.0 Å². The molecule has 1 aliphatic rings. The Kier molecular flexibility index (Phi) is 6.08. The predicted molar refractivity (Wildman–Crippen MR) is 99.4 cm³/mol. The number of aryl methyl sites for hydroxylation is 1. The van der Waals surface area contributed by atoms with E-state index in [1.165, 1.54) is 10.6 Å². The summed E-state index contributed by atoms with van der Waals surface area (Å²) in [5.74, 6) is 0.0938. The van der Waals surface area contributed by atoms with Crippen LogP contribution in [0.2, 0.25) is 0 Å². The van der Waals surface area contributed by atoms with Gasteiger partial charge in [0.1, 0.15) is 0 Å². The van der Waals surface area contributed by atoms with E-state index in [0.717, 1.165) is 5.56 Å². The average Bonchev–Trinajstić information content (AvgIpc) is 3.27. The van der Waals surface area contributed by atoms with Crippen LogP contribution in [0.3, 0.4) is 0 Å². The second-order valence-corrected chi connectivity index (χ2v) is 8.36. The van der Waals surface area contributed by atoms with Crippen LogP contribution in [0, 0.1) is 0 Å². The summed E-state index contributed by atoms with van der Waals surface area (Å²) in [6, 6.07) is 10.1. The first-order chi connectivity index (χ1) is 12.5. The summed E-state index contributed by atoms with van der Waals surface area (Å²) in [6.07, 6.45) is 3.05. The Labute approximate surface area is 155 Å². The van der Waals surface area contributed by atoms with Crippen LogP contribution in [-0.2, 0) is 21.8 Å². The minimum absolute atomic E-state index is 0.0383. The highest BCUT2D eigenvalue weighted by atomic mass is 32.2. The molecule has 1 N–H and O–H groups in total. The van der Waals surface area contributed by atoms with Gasteiger partial charge in [0.05, 0.1) is 12.9 Å². The third-order valence-electron chi connectivity index (χ3n) is 4.66. The van der Waals surface area contributed by atoms with Crippen molar-refractivity contribution in [2.45, 2.75) is 23.9 Å². The maximum Gasteiger partial charge on any atom is 0.262 e. The molecule has 1 aromatic heterocycles. The Morgan fingerprint density at radius 3 is 2.69 bits per heavy atom. The number of sulfonamides is 1. The lowest BCUT2D eigenvalue weighted by molar-refractivity contribution is 0.146. The van der Waals surface area contributed by atoms with Gasteiger partial charge in [0.25, 0.3) is 10.0 Å². The minimum Gasteiger partial charge on any atom is -0.380 e. The average molecular weight is 378 g/mol. The maximum absolute atomic E-state index is 12.9. The minimum atomic E-state index is -3.60. The van der Waals surface area contributed by atoms with E-state index in [0.29, 0.717) is 32.8 Å². The van der Waals surface area contributed by atoms with Crippen molar-refractivity contribution < 1.29 is 13.2 Å². The lowest BCUT2D eigenvalue weighted by Gasteiger charge is -2.20. The molecule has 1 saturated heterocycles. The number of ether oxygens (including phenoxy) is 1. The molecule has 2 atom stereocenters. The summed E-state index contributed by atoms with van der Waals surface area (Å²) in [5, 5.41) is 3.57. The first-order valence-corrected chi connectivity index (χ1v) is 10.3. The standard InChI is InChI=1S/C18H26N4O3S/c1-3-25-10-9-19-17-12-22(11-16(17)15-7-5-4-6-8-15)26(23,24)18-13-21(2)14-20-18/h4-8,13-14,16-17,19H,3,9-12H2,1-2H3. The number of hydrogen-bond donors (Lipinski definition) is 1. The molecule has 0 saturated carbocycles. The smallest absolute Gasteiger partial charge is 0.262 e. The molecule has 2 aromatic rings. The topological polar surface area (TPSA) is 76.5 Å². The van der Waals surface area contributed by atoms with E-state index in [4.69, 9.17) is 4.74 Å². The Morgan fingerprint density at radius 1 is 1.27 bits per heavy atom. The molecule has 3 rings (SSSR count). The molecule has 0 spiro atoms. The summed E-state index contributed by atoms with van der Waals surface area (Å²) in [5.41, 5.74) is 1.14. The van der Waals surface area contributed by atoms with Gasteiger partial charge in [0.15, 0.2) is 5.03 Å². The number of nitrogens with one attached hydrogen (secondary N) is 1. The van der Waals surface area contributed by atoms with Gasteiger partial charge in [0, 0.05) is 51.4 Å². The lowest BCUT2D eigenvalue weighted by Crippen LogP contribution is -2.38. The Morgan fingerprint density at radius 2 is 2.04 bits per heavy atom. The number of imidazole rings is 1. The monoisotopic (exact) mass is 378 g/mol. The summed E-state index contributed by atoms with van der Waals surface area (Å²) in [4.78, 5) is 4.03. The fraction of sp³-hybridized carbons (Fsp3) is 0.500. The molecule has 0 amide bonds. The van der Waals surface area contributed by atoms with E-state index >= 15 is 0 Å². The van der Waals surface area contributed by atoms with Gasteiger partial charge in [0.2, 0.25) is 0 Å². The predicted octanol–water partition coefficient (Wildman–Crippen LogP) is 1.20. The van der Waals surface area contributed by atoms with Crippen LogP contribution >= 0.6 is 0 Å². The molecule has 8 heteroatoms. The molecule has 0 aliphatic carbocycles. The Bertz CT molecular complexity index is 807. The maximum atomic E-state index is 12.9. The normalized spacial score (nSPS) is 21.3. The van der Waals surface area contributed by atoms with E-state index in [1.54, 1.807) is 17.8 Å². The van der Waals surface area contributed by atoms with E-state index in [-0.39, 0.29) is 17.0 Å². The first kappa shape index (κ1) is 19.0. The first-order valence-electron chi connectivity index (χ1n) is 8.86. The zero-order valence-corrected chi connectivity index (χ0v) is 16.0. The van der Waals surface area contributed by atoms with Crippen molar-refractivity contribution in [3.8, 4) is 0 Å². The highest BCUT2D eigenvalue weighted by molar-refractivity contribution is 7.89. The second-order valence-electron chi connectivity index (χ2n) is 6.47. The molecule has 26 heavy (non-hydrogen) atoms. The van der Waals surface area contributed by atoms with Crippen molar-refractivity contribution in [1.29, 1.82) is 0 Å². The molecule has 1 fully saturated rings. The van der Waals surface area contributed by atoms with Gasteiger partial charge in [-0.25, -0.2) is 13.4 Å². The fourth-order valence-corrected chi connectivity index (χ4v) is 4.78. The van der Waals surface area contributed by atoms with Crippen LogP contribution in [0.1, 0.15) is 18.4 Å². The van der Waals surface area contributed by atoms with E-state index in [2.05, 4.69) is 22.4 Å². The molecule has 7 nitrogen and oxygen atoms in total. The van der Waals surface area contributed by atoms with Gasteiger partial charge in [-0.15, -0.1) is 0 Å². The molecule has 0 radical (unpaired) electrons. The summed E-state index contributed by atoms with van der Waals surface area (Å²) < 4.78 is 34.5. The molecular weight excluding hydrogens is 352 g/mol. The summed E-state index contributed by atoms with van der Waals surface area (Å²) in [7, 11) is -1.83. The number of nitrogens with zero attached hydrogens (tertiary/aromatic N) is 3. The van der Waals surface area contributed by atoms with E-state index in [1.807, 2.05) is 25.1 Å². The van der Waals surface area contributed by atoms with Crippen molar-refractivity contribution in [3.05, 3.63) is 48.4 Å². The van der Waals surface area contributed by atoms with Crippen molar-refractivity contribution >= 4 is 10.0 Å². The van der Waals surface area contributed by atoms with Gasteiger partial charge in [-0.3, -0.25) is 0 Å². The number of rotatable bonds is 8.